The van der Waals surface area contributed by atoms with Crippen LogP contribution < -0.4 is 16.0 Å². The monoisotopic (exact) mass is 403 g/mol. The Morgan fingerprint density at radius 2 is 1.59 bits per heavy atom. The third kappa shape index (κ3) is 7.37. The molecule has 0 bridgehead atoms. The molecule has 0 heterocycles. The molecule has 142 valence electrons. The van der Waals surface area contributed by atoms with Gasteiger partial charge in [0.1, 0.15) is 0 Å². The molecule has 3 N–H and O–H groups in total. The zero-order valence-electron chi connectivity index (χ0n) is 15.4. The summed E-state index contributed by atoms with van der Waals surface area (Å²) in [6, 6.07) is 13.9. The smallest absolute Gasteiger partial charge is 0.251 e. The summed E-state index contributed by atoms with van der Waals surface area (Å²) in [4.78, 5) is 24.2. The first-order valence-corrected chi connectivity index (χ1v) is 9.19. The van der Waals surface area contributed by atoms with Gasteiger partial charge in [-0.1, -0.05) is 23.7 Å². The van der Waals surface area contributed by atoms with E-state index in [9.17, 15) is 9.59 Å². The molecule has 0 unspecified atom stereocenters. The van der Waals surface area contributed by atoms with Crippen LogP contribution in [0.15, 0.2) is 48.5 Å². The lowest BCUT2D eigenvalue weighted by molar-refractivity contribution is -0.119. The third-order valence-electron chi connectivity index (χ3n) is 3.42. The summed E-state index contributed by atoms with van der Waals surface area (Å²) in [6.07, 6.45) is 0.199. The van der Waals surface area contributed by atoms with E-state index in [1.807, 2.05) is 20.8 Å². The summed E-state index contributed by atoms with van der Waals surface area (Å²) in [5.41, 5.74) is 1.77. The maximum absolute atomic E-state index is 12.1. The van der Waals surface area contributed by atoms with Crippen LogP contribution in [-0.4, -0.2) is 22.5 Å². The zero-order chi connectivity index (χ0) is 20.0. The molecule has 0 aromatic heterocycles. The van der Waals surface area contributed by atoms with Gasteiger partial charge in [-0.05, 0) is 75.0 Å². The van der Waals surface area contributed by atoms with Gasteiger partial charge in [0.15, 0.2) is 5.11 Å². The number of thiocarbonyl (C=S) groups is 1. The molecule has 7 heteroatoms. The average Bonchev–Trinajstić information content (AvgIpc) is 2.56. The van der Waals surface area contributed by atoms with Crippen molar-refractivity contribution in [2.45, 2.75) is 32.7 Å². The quantitative estimate of drug-likeness (QED) is 0.676. The second-order valence-corrected chi connectivity index (χ2v) is 7.93. The molecular formula is C20H22ClN3O2S. The minimum atomic E-state index is -0.302. The van der Waals surface area contributed by atoms with Crippen molar-refractivity contribution in [3.63, 3.8) is 0 Å². The van der Waals surface area contributed by atoms with Gasteiger partial charge in [0.05, 0.1) is 6.42 Å². The van der Waals surface area contributed by atoms with Crippen LogP contribution in [0.5, 0.6) is 0 Å². The Hall–Kier alpha value is -2.44. The van der Waals surface area contributed by atoms with Gasteiger partial charge >= 0.3 is 0 Å². The van der Waals surface area contributed by atoms with Crippen LogP contribution in [0.3, 0.4) is 0 Å². The first kappa shape index (κ1) is 20.9. The van der Waals surface area contributed by atoms with Crippen molar-refractivity contribution in [2.75, 3.05) is 5.32 Å². The van der Waals surface area contributed by atoms with Crippen LogP contribution in [0.1, 0.15) is 36.7 Å². The Morgan fingerprint density at radius 1 is 1.00 bits per heavy atom. The van der Waals surface area contributed by atoms with E-state index in [4.69, 9.17) is 23.8 Å². The molecule has 2 rings (SSSR count). The second kappa shape index (κ2) is 8.97. The summed E-state index contributed by atoms with van der Waals surface area (Å²) in [6.45, 7) is 5.77. The maximum Gasteiger partial charge on any atom is 0.251 e. The fraction of sp³-hybridized carbons (Fsp3) is 0.250. The second-order valence-electron chi connectivity index (χ2n) is 7.09. The van der Waals surface area contributed by atoms with Gasteiger partial charge in [-0.3, -0.25) is 9.59 Å². The molecule has 0 aliphatic rings. The Bertz CT molecular complexity index is 828. The molecule has 2 aromatic rings. The lowest BCUT2D eigenvalue weighted by Gasteiger charge is -2.20. The van der Waals surface area contributed by atoms with Crippen molar-refractivity contribution >= 4 is 46.4 Å². The predicted octanol–water partition coefficient (Wildman–Crippen LogP) is 3.92. The standard InChI is InChI=1S/C20H22ClN3O2S/c1-20(2,3)24-18(26)14-6-10-16(11-7-14)22-19(27)23-17(25)12-13-4-8-15(21)9-5-13/h4-11H,12H2,1-3H3,(H,24,26)(H2,22,23,25,27). The van der Waals surface area contributed by atoms with Crippen molar-refractivity contribution < 1.29 is 9.59 Å². The van der Waals surface area contributed by atoms with E-state index in [0.717, 1.165) is 5.56 Å². The molecule has 0 radical (unpaired) electrons. The lowest BCUT2D eigenvalue weighted by atomic mass is 10.1. The molecule has 0 saturated carbocycles. The molecular weight excluding hydrogens is 382 g/mol. The normalized spacial score (nSPS) is 10.8. The van der Waals surface area contributed by atoms with Crippen molar-refractivity contribution in [2.24, 2.45) is 0 Å². The number of carbonyl (C=O) groups excluding carboxylic acids is 2. The van der Waals surface area contributed by atoms with Gasteiger partial charge in [0.25, 0.3) is 5.91 Å². The number of hydrogen-bond acceptors (Lipinski definition) is 3. The Morgan fingerprint density at radius 3 is 2.15 bits per heavy atom. The molecule has 0 aliphatic heterocycles. The molecule has 5 nitrogen and oxygen atoms in total. The number of amides is 2. The summed E-state index contributed by atoms with van der Waals surface area (Å²) in [5.74, 6) is -0.371. The topological polar surface area (TPSA) is 70.2 Å². The van der Waals surface area contributed by atoms with Crippen molar-refractivity contribution in [3.8, 4) is 0 Å². The minimum Gasteiger partial charge on any atom is -0.347 e. The highest BCUT2D eigenvalue weighted by Crippen LogP contribution is 2.12. The van der Waals surface area contributed by atoms with Crippen molar-refractivity contribution in [1.82, 2.24) is 10.6 Å². The molecule has 0 aliphatic carbocycles. The van der Waals surface area contributed by atoms with E-state index in [1.54, 1.807) is 48.5 Å². The summed E-state index contributed by atoms with van der Waals surface area (Å²) in [5, 5.41) is 9.27. The fourth-order valence-corrected chi connectivity index (χ4v) is 2.60. The first-order valence-electron chi connectivity index (χ1n) is 8.40. The SMILES string of the molecule is CC(C)(C)NC(=O)c1ccc(NC(=S)NC(=O)Cc2ccc(Cl)cc2)cc1. The van der Waals surface area contributed by atoms with E-state index >= 15 is 0 Å². The number of hydrogen-bond donors (Lipinski definition) is 3. The van der Waals surface area contributed by atoms with Crippen LogP contribution in [-0.2, 0) is 11.2 Å². The molecule has 2 amide bonds. The van der Waals surface area contributed by atoms with Gasteiger partial charge in [-0.2, -0.15) is 0 Å². The minimum absolute atomic E-state index is 0.145. The number of anilines is 1. The predicted molar refractivity (Wildman–Crippen MR) is 113 cm³/mol. The lowest BCUT2D eigenvalue weighted by Crippen LogP contribution is -2.40. The van der Waals surface area contributed by atoms with Gasteiger partial charge in [0.2, 0.25) is 5.91 Å². The maximum atomic E-state index is 12.1. The fourth-order valence-electron chi connectivity index (χ4n) is 2.24. The number of halogens is 1. The van der Waals surface area contributed by atoms with Gasteiger partial charge < -0.3 is 16.0 Å². The molecule has 0 atom stereocenters. The van der Waals surface area contributed by atoms with E-state index < -0.39 is 0 Å². The van der Waals surface area contributed by atoms with E-state index in [1.165, 1.54) is 0 Å². The van der Waals surface area contributed by atoms with Gasteiger partial charge in [-0.15, -0.1) is 0 Å². The Labute approximate surface area is 169 Å². The Kier molecular flexibility index (Phi) is 6.93. The number of nitrogens with one attached hydrogen (secondary N) is 3. The molecule has 0 spiro atoms. The van der Waals surface area contributed by atoms with E-state index in [0.29, 0.717) is 16.3 Å². The van der Waals surface area contributed by atoms with E-state index in [-0.39, 0.29) is 28.9 Å². The average molecular weight is 404 g/mol. The van der Waals surface area contributed by atoms with Crippen LogP contribution >= 0.6 is 23.8 Å². The van der Waals surface area contributed by atoms with Gasteiger partial charge in [-0.25, -0.2) is 0 Å². The van der Waals surface area contributed by atoms with E-state index in [2.05, 4.69) is 16.0 Å². The van der Waals surface area contributed by atoms with Crippen molar-refractivity contribution in [1.29, 1.82) is 0 Å². The van der Waals surface area contributed by atoms with Crippen molar-refractivity contribution in [3.05, 3.63) is 64.7 Å². The highest BCUT2D eigenvalue weighted by Gasteiger charge is 2.15. The van der Waals surface area contributed by atoms with Crippen LogP contribution in [0.25, 0.3) is 0 Å². The van der Waals surface area contributed by atoms with Crippen LogP contribution in [0.4, 0.5) is 5.69 Å². The van der Waals surface area contributed by atoms with Gasteiger partial charge in [0, 0.05) is 21.8 Å². The largest absolute Gasteiger partial charge is 0.347 e. The molecule has 27 heavy (non-hydrogen) atoms. The third-order valence-corrected chi connectivity index (χ3v) is 3.88. The highest BCUT2D eigenvalue weighted by atomic mass is 35.5. The van der Waals surface area contributed by atoms with Crippen LogP contribution in [0, 0.1) is 0 Å². The van der Waals surface area contributed by atoms with Crippen LogP contribution in [0.2, 0.25) is 5.02 Å². The first-order chi connectivity index (χ1) is 12.6. The summed E-state index contributed by atoms with van der Waals surface area (Å²) in [7, 11) is 0. The molecule has 2 aromatic carbocycles. The molecule has 0 fully saturated rings. The number of rotatable bonds is 4. The summed E-state index contributed by atoms with van der Waals surface area (Å²) < 4.78 is 0. The zero-order valence-corrected chi connectivity index (χ0v) is 17.0. The highest BCUT2D eigenvalue weighted by molar-refractivity contribution is 7.80. The summed E-state index contributed by atoms with van der Waals surface area (Å²) >= 11 is 11.0. The molecule has 0 saturated heterocycles. The number of carbonyl (C=O) groups is 2. The Balaban J connectivity index is 1.87. The number of benzene rings is 2.